The van der Waals surface area contributed by atoms with Crippen molar-refractivity contribution in [2.75, 3.05) is 0 Å². The lowest BCUT2D eigenvalue weighted by molar-refractivity contribution is 0.590. The van der Waals surface area contributed by atoms with Gasteiger partial charge in [0.15, 0.2) is 17.5 Å². The van der Waals surface area contributed by atoms with Crippen LogP contribution in [0.3, 0.4) is 0 Å². The molecule has 7 rings (SSSR count). The largest absolute Gasteiger partial charge is 0.208 e. The summed E-state index contributed by atoms with van der Waals surface area (Å²) in [7, 11) is 0. The van der Waals surface area contributed by atoms with Crippen molar-refractivity contribution in [3.8, 4) is 67.5 Å². The first-order chi connectivity index (χ1) is 25.6. The maximum atomic E-state index is 5.18. The molecule has 0 bridgehead atoms. The molecular weight excluding hydrogens is 655 g/mol. The lowest BCUT2D eigenvalue weighted by Gasteiger charge is -2.20. The molecule has 0 radical (unpaired) electrons. The van der Waals surface area contributed by atoms with E-state index in [1.54, 1.807) is 0 Å². The summed E-state index contributed by atoms with van der Waals surface area (Å²) in [5, 5.41) is 0. The minimum atomic E-state index is 0.0524. The zero-order valence-corrected chi connectivity index (χ0v) is 33.2. The van der Waals surface area contributed by atoms with Crippen LogP contribution in [0.15, 0.2) is 146 Å². The maximum absolute atomic E-state index is 5.18. The van der Waals surface area contributed by atoms with Gasteiger partial charge >= 0.3 is 0 Å². The average Bonchev–Trinajstić information content (AvgIpc) is 3.17. The van der Waals surface area contributed by atoms with Crippen LogP contribution in [0.4, 0.5) is 0 Å². The Balaban J connectivity index is 1.37. The molecule has 6 aromatic carbocycles. The van der Waals surface area contributed by atoms with Crippen LogP contribution in [0.2, 0.25) is 0 Å². The number of aromatic nitrogens is 3. The van der Waals surface area contributed by atoms with Crippen LogP contribution in [-0.4, -0.2) is 15.0 Å². The van der Waals surface area contributed by atoms with E-state index in [-0.39, 0.29) is 16.2 Å². The molecule has 0 saturated carbocycles. The van der Waals surface area contributed by atoms with Crippen molar-refractivity contribution in [1.82, 2.24) is 15.0 Å². The molecule has 0 atom stereocenters. The van der Waals surface area contributed by atoms with Crippen molar-refractivity contribution in [1.29, 1.82) is 0 Å². The Morgan fingerprint density at radius 3 is 0.704 bits per heavy atom. The fourth-order valence-corrected chi connectivity index (χ4v) is 6.77. The first kappa shape index (κ1) is 36.7. The molecular formula is C51H51N3. The van der Waals surface area contributed by atoms with Gasteiger partial charge in [-0.25, -0.2) is 15.0 Å². The average molecular weight is 706 g/mol. The lowest BCUT2D eigenvalue weighted by atomic mass is 9.85. The number of rotatable bonds is 6. The van der Waals surface area contributed by atoms with E-state index in [4.69, 9.17) is 15.0 Å². The molecule has 0 aliphatic heterocycles. The monoisotopic (exact) mass is 705 g/mol. The van der Waals surface area contributed by atoms with Gasteiger partial charge in [0, 0.05) is 16.7 Å². The molecule has 1 aromatic heterocycles. The molecule has 270 valence electrons. The summed E-state index contributed by atoms with van der Waals surface area (Å²) >= 11 is 0. The Morgan fingerprint density at radius 1 is 0.259 bits per heavy atom. The molecule has 0 fully saturated rings. The minimum absolute atomic E-state index is 0.0524. The summed E-state index contributed by atoms with van der Waals surface area (Å²) in [6, 6.07) is 52.2. The number of hydrogen-bond acceptors (Lipinski definition) is 3. The third kappa shape index (κ3) is 8.11. The van der Waals surface area contributed by atoms with Crippen molar-refractivity contribution < 1.29 is 0 Å². The first-order valence-electron chi connectivity index (χ1n) is 19.0. The molecule has 0 spiro atoms. The third-order valence-corrected chi connectivity index (χ3v) is 10.2. The van der Waals surface area contributed by atoms with Crippen molar-refractivity contribution in [3.05, 3.63) is 162 Å². The molecule has 0 N–H and O–H groups in total. The maximum Gasteiger partial charge on any atom is 0.164 e. The Morgan fingerprint density at radius 2 is 0.463 bits per heavy atom. The second kappa shape index (κ2) is 14.3. The van der Waals surface area contributed by atoms with E-state index in [1.807, 2.05) is 0 Å². The van der Waals surface area contributed by atoms with Gasteiger partial charge in [-0.1, -0.05) is 190 Å². The summed E-state index contributed by atoms with van der Waals surface area (Å²) in [6.45, 7) is 20.3. The van der Waals surface area contributed by atoms with Crippen LogP contribution in [0.1, 0.15) is 79.0 Å². The Hall–Kier alpha value is -5.67. The summed E-state index contributed by atoms with van der Waals surface area (Å²) < 4.78 is 0. The fourth-order valence-electron chi connectivity index (χ4n) is 6.77. The molecule has 0 saturated heterocycles. The summed E-state index contributed by atoms with van der Waals surface area (Å²) in [6.07, 6.45) is 0. The van der Waals surface area contributed by atoms with Gasteiger partial charge in [0.05, 0.1) is 0 Å². The van der Waals surface area contributed by atoms with Gasteiger partial charge in [0.25, 0.3) is 0 Å². The van der Waals surface area contributed by atoms with Gasteiger partial charge < -0.3 is 0 Å². The van der Waals surface area contributed by atoms with Crippen LogP contribution in [0, 0.1) is 0 Å². The molecule has 54 heavy (non-hydrogen) atoms. The molecule has 0 aliphatic carbocycles. The zero-order chi connectivity index (χ0) is 38.3. The highest BCUT2D eigenvalue weighted by Crippen LogP contribution is 2.34. The van der Waals surface area contributed by atoms with Crippen LogP contribution in [-0.2, 0) is 16.2 Å². The molecule has 7 aromatic rings. The molecule has 0 amide bonds. The van der Waals surface area contributed by atoms with Crippen molar-refractivity contribution in [2.24, 2.45) is 0 Å². The van der Waals surface area contributed by atoms with Gasteiger partial charge in [-0.2, -0.15) is 0 Å². The molecule has 3 nitrogen and oxygen atoms in total. The van der Waals surface area contributed by atoms with Crippen molar-refractivity contribution in [2.45, 2.75) is 78.6 Å². The summed E-state index contributed by atoms with van der Waals surface area (Å²) in [5.74, 6) is 1.93. The Labute approximate surface area is 322 Å². The first-order valence-corrected chi connectivity index (χ1v) is 19.0. The summed E-state index contributed by atoms with van der Waals surface area (Å²) in [5.41, 5.74) is 13.8. The van der Waals surface area contributed by atoms with E-state index in [0.29, 0.717) is 17.5 Å². The fraction of sp³-hybridized carbons (Fsp3) is 0.235. The van der Waals surface area contributed by atoms with Crippen molar-refractivity contribution in [3.63, 3.8) is 0 Å². The highest BCUT2D eigenvalue weighted by atomic mass is 15.0. The lowest BCUT2D eigenvalue weighted by Crippen LogP contribution is -2.10. The SMILES string of the molecule is CC(C)(C)c1cccc(-c2cccc(-c3nc(-c4cccc(-c5cccc(C(C)(C)C)c5)c4)nc(-c4cccc(-c5cccc(C(C)(C)C)c5)c4)n3)c2)c1. The van der Waals surface area contributed by atoms with Gasteiger partial charge in [-0.3, -0.25) is 0 Å². The van der Waals surface area contributed by atoms with E-state index in [0.717, 1.165) is 33.4 Å². The minimum Gasteiger partial charge on any atom is -0.208 e. The molecule has 0 aliphatic rings. The smallest absolute Gasteiger partial charge is 0.164 e. The van der Waals surface area contributed by atoms with Crippen LogP contribution < -0.4 is 0 Å². The van der Waals surface area contributed by atoms with Crippen LogP contribution in [0.25, 0.3) is 67.5 Å². The van der Waals surface area contributed by atoms with E-state index in [2.05, 4.69) is 208 Å². The topological polar surface area (TPSA) is 38.7 Å². The van der Waals surface area contributed by atoms with E-state index in [9.17, 15) is 0 Å². The van der Waals surface area contributed by atoms with E-state index < -0.39 is 0 Å². The van der Waals surface area contributed by atoms with Gasteiger partial charge in [0.2, 0.25) is 0 Å². The normalized spacial score (nSPS) is 12.2. The molecule has 0 unspecified atom stereocenters. The highest BCUT2D eigenvalue weighted by Gasteiger charge is 2.19. The Bertz CT molecular complexity index is 2160. The van der Waals surface area contributed by atoms with Crippen LogP contribution >= 0.6 is 0 Å². The highest BCUT2D eigenvalue weighted by molar-refractivity contribution is 5.76. The van der Waals surface area contributed by atoms with E-state index >= 15 is 0 Å². The zero-order valence-electron chi connectivity index (χ0n) is 33.2. The predicted octanol–water partition coefficient (Wildman–Crippen LogP) is 13.8. The second-order valence-electron chi connectivity index (χ2n) is 17.5. The number of hydrogen-bond donors (Lipinski definition) is 0. The van der Waals surface area contributed by atoms with Crippen molar-refractivity contribution >= 4 is 0 Å². The standard InChI is InChI=1S/C51H51N3/c1-49(2,3)43-25-13-19-37(31-43)34-16-10-22-40(28-34)46-52-47(41-23-11-17-35(29-41)38-20-14-26-44(32-38)50(4,5)6)54-48(53-46)42-24-12-18-36(30-42)39-21-15-27-45(33-39)51(7,8)9/h10-33H,1-9H3. The number of nitrogens with zero attached hydrogens (tertiary/aromatic N) is 3. The summed E-state index contributed by atoms with van der Waals surface area (Å²) in [4.78, 5) is 15.5. The van der Waals surface area contributed by atoms with Crippen LogP contribution in [0.5, 0.6) is 0 Å². The molecule has 3 heteroatoms. The van der Waals surface area contributed by atoms with E-state index in [1.165, 1.54) is 33.4 Å². The van der Waals surface area contributed by atoms with Gasteiger partial charge in [0.1, 0.15) is 0 Å². The molecule has 1 heterocycles. The third-order valence-electron chi connectivity index (χ3n) is 10.2. The van der Waals surface area contributed by atoms with Gasteiger partial charge in [-0.05, 0) is 84.5 Å². The quantitative estimate of drug-likeness (QED) is 0.173. The van der Waals surface area contributed by atoms with Gasteiger partial charge in [-0.15, -0.1) is 0 Å². The predicted molar refractivity (Wildman–Crippen MR) is 229 cm³/mol. The number of benzene rings is 6. The Kier molecular flexibility index (Phi) is 9.70. The second-order valence-corrected chi connectivity index (χ2v) is 17.5.